The van der Waals surface area contributed by atoms with E-state index in [-0.39, 0.29) is 0 Å². The molecule has 0 aromatic heterocycles. The molecule has 0 saturated heterocycles. The Morgan fingerprint density at radius 2 is 1.36 bits per heavy atom. The summed E-state index contributed by atoms with van der Waals surface area (Å²) in [5.41, 5.74) is 0. The fourth-order valence-corrected chi connectivity index (χ4v) is 3.01. The summed E-state index contributed by atoms with van der Waals surface area (Å²) in [4.78, 5) is 2.46. The lowest BCUT2D eigenvalue weighted by atomic mass is 10.4. The molecule has 0 aliphatic rings. The SMILES string of the molecule is CO.COCCCNSc1cccc(SNCCCOC)c1. The molecule has 128 valence electrons. The van der Waals surface area contributed by atoms with Crippen molar-refractivity contribution in [1.82, 2.24) is 9.44 Å². The highest BCUT2D eigenvalue weighted by Gasteiger charge is 1.98. The first-order valence-corrected chi connectivity index (χ1v) is 8.82. The van der Waals surface area contributed by atoms with Gasteiger partial charge in [-0.15, -0.1) is 0 Å². The van der Waals surface area contributed by atoms with Gasteiger partial charge in [-0.3, -0.25) is 9.44 Å². The molecule has 0 aliphatic heterocycles. The van der Waals surface area contributed by atoms with Crippen LogP contribution >= 0.6 is 23.9 Å². The van der Waals surface area contributed by atoms with Gasteiger partial charge in [0.15, 0.2) is 0 Å². The number of hydrogen-bond donors (Lipinski definition) is 3. The zero-order valence-corrected chi connectivity index (χ0v) is 15.3. The molecule has 0 fully saturated rings. The highest BCUT2D eigenvalue weighted by Crippen LogP contribution is 2.21. The molecule has 5 nitrogen and oxygen atoms in total. The molecule has 0 bridgehead atoms. The normalized spacial score (nSPS) is 10.2. The highest BCUT2D eigenvalue weighted by atomic mass is 32.2. The fraction of sp³-hybridized carbons (Fsp3) is 0.600. The van der Waals surface area contributed by atoms with E-state index >= 15 is 0 Å². The number of nitrogens with one attached hydrogen (secondary N) is 2. The molecule has 0 unspecified atom stereocenters. The maximum absolute atomic E-state index is 7.00. The first-order chi connectivity index (χ1) is 10.9. The van der Waals surface area contributed by atoms with Crippen LogP contribution in [0.2, 0.25) is 0 Å². The molecule has 1 aromatic carbocycles. The summed E-state index contributed by atoms with van der Waals surface area (Å²) in [6.07, 6.45) is 2.05. The summed E-state index contributed by atoms with van der Waals surface area (Å²) in [5, 5.41) is 7.00. The number of ether oxygens (including phenoxy) is 2. The van der Waals surface area contributed by atoms with Gasteiger partial charge in [0.1, 0.15) is 0 Å². The highest BCUT2D eigenvalue weighted by molar-refractivity contribution is 7.98. The predicted molar refractivity (Wildman–Crippen MR) is 95.3 cm³/mol. The largest absolute Gasteiger partial charge is 0.400 e. The maximum Gasteiger partial charge on any atom is 0.0474 e. The average Bonchev–Trinajstić information content (AvgIpc) is 2.57. The van der Waals surface area contributed by atoms with Crippen molar-refractivity contribution in [1.29, 1.82) is 0 Å². The third-order valence-electron chi connectivity index (χ3n) is 2.44. The summed E-state index contributed by atoms with van der Waals surface area (Å²) < 4.78 is 16.7. The average molecular weight is 349 g/mol. The van der Waals surface area contributed by atoms with Crippen molar-refractivity contribution in [3.05, 3.63) is 24.3 Å². The number of aliphatic hydroxyl groups is 1. The first kappa shape index (κ1) is 21.7. The molecular weight excluding hydrogens is 320 g/mol. The van der Waals surface area contributed by atoms with Crippen LogP contribution in [-0.4, -0.2) is 52.7 Å². The van der Waals surface area contributed by atoms with Crippen LogP contribution in [0.1, 0.15) is 12.8 Å². The van der Waals surface area contributed by atoms with Gasteiger partial charge in [-0.05, 0) is 54.9 Å². The smallest absolute Gasteiger partial charge is 0.0474 e. The Morgan fingerprint density at radius 1 is 0.909 bits per heavy atom. The summed E-state index contributed by atoms with van der Waals surface area (Å²) >= 11 is 3.33. The number of aliphatic hydroxyl groups excluding tert-OH is 1. The Hall–Kier alpha value is -0.280. The van der Waals surface area contributed by atoms with E-state index in [1.165, 1.54) is 9.79 Å². The van der Waals surface area contributed by atoms with Gasteiger partial charge in [0.25, 0.3) is 0 Å². The lowest BCUT2D eigenvalue weighted by Crippen LogP contribution is -2.08. The van der Waals surface area contributed by atoms with Crippen LogP contribution in [-0.2, 0) is 9.47 Å². The summed E-state index contributed by atoms with van der Waals surface area (Å²) in [6.45, 7) is 3.50. The third-order valence-corrected chi connectivity index (χ3v) is 4.12. The molecule has 0 radical (unpaired) electrons. The molecule has 0 spiro atoms. The zero-order valence-electron chi connectivity index (χ0n) is 13.6. The van der Waals surface area contributed by atoms with Crippen molar-refractivity contribution < 1.29 is 14.6 Å². The summed E-state index contributed by atoms with van der Waals surface area (Å²) in [7, 11) is 4.46. The van der Waals surface area contributed by atoms with Crippen LogP contribution in [0.15, 0.2) is 34.1 Å². The van der Waals surface area contributed by atoms with Gasteiger partial charge in [-0.2, -0.15) is 0 Å². The lowest BCUT2D eigenvalue weighted by molar-refractivity contribution is 0.196. The standard InChI is InChI=1S/C14H24N2O2S2.CH4O/c1-17-10-4-8-15-19-13-6-3-7-14(12-13)20-16-9-5-11-18-2;1-2/h3,6-7,12,15-16H,4-5,8-11H2,1-2H3;2H,1H3. The van der Waals surface area contributed by atoms with E-state index < -0.39 is 0 Å². The van der Waals surface area contributed by atoms with Crippen molar-refractivity contribution in [3.63, 3.8) is 0 Å². The van der Waals surface area contributed by atoms with E-state index in [4.69, 9.17) is 14.6 Å². The molecule has 0 aliphatic carbocycles. The maximum atomic E-state index is 7.00. The summed E-state index contributed by atoms with van der Waals surface area (Å²) in [6, 6.07) is 8.49. The van der Waals surface area contributed by atoms with Gasteiger partial charge in [0.05, 0.1) is 0 Å². The Balaban J connectivity index is 0.00000211. The predicted octanol–water partition coefficient (Wildman–Crippen LogP) is 2.56. The van der Waals surface area contributed by atoms with Crippen molar-refractivity contribution in [2.75, 3.05) is 47.6 Å². The molecule has 0 amide bonds. The van der Waals surface area contributed by atoms with Crippen LogP contribution in [0.5, 0.6) is 0 Å². The second-order valence-electron chi connectivity index (χ2n) is 4.16. The zero-order chi connectivity index (χ0) is 16.5. The van der Waals surface area contributed by atoms with Gasteiger partial charge in [-0.25, -0.2) is 0 Å². The van der Waals surface area contributed by atoms with E-state index in [1.807, 2.05) is 0 Å². The Morgan fingerprint density at radius 3 is 1.77 bits per heavy atom. The third kappa shape index (κ3) is 12.3. The van der Waals surface area contributed by atoms with Crippen LogP contribution in [0, 0.1) is 0 Å². The molecule has 0 heterocycles. The lowest BCUT2D eigenvalue weighted by Gasteiger charge is -2.07. The Labute approximate surface area is 142 Å². The topological polar surface area (TPSA) is 62.8 Å². The van der Waals surface area contributed by atoms with Crippen LogP contribution in [0.4, 0.5) is 0 Å². The molecule has 1 aromatic rings. The number of hydrogen-bond acceptors (Lipinski definition) is 7. The molecule has 3 N–H and O–H groups in total. The number of benzene rings is 1. The van der Waals surface area contributed by atoms with Gasteiger partial charge >= 0.3 is 0 Å². The fourth-order valence-electron chi connectivity index (χ4n) is 1.45. The second-order valence-corrected chi connectivity index (χ2v) is 6.09. The van der Waals surface area contributed by atoms with E-state index in [0.29, 0.717) is 0 Å². The molecule has 22 heavy (non-hydrogen) atoms. The summed E-state index contributed by atoms with van der Waals surface area (Å²) in [5.74, 6) is 0. The second kappa shape index (κ2) is 17.1. The minimum atomic E-state index is 0.800. The van der Waals surface area contributed by atoms with Crippen LogP contribution in [0.25, 0.3) is 0 Å². The van der Waals surface area contributed by atoms with E-state index in [9.17, 15) is 0 Å². The van der Waals surface area contributed by atoms with Crippen LogP contribution < -0.4 is 9.44 Å². The molecule has 7 heteroatoms. The first-order valence-electron chi connectivity index (χ1n) is 7.19. The van der Waals surface area contributed by atoms with E-state index in [0.717, 1.165) is 46.3 Å². The van der Waals surface area contributed by atoms with Crippen molar-refractivity contribution in [3.8, 4) is 0 Å². The number of methoxy groups -OCH3 is 2. The monoisotopic (exact) mass is 348 g/mol. The van der Waals surface area contributed by atoms with Crippen molar-refractivity contribution in [2.24, 2.45) is 0 Å². The van der Waals surface area contributed by atoms with E-state index in [1.54, 1.807) is 38.1 Å². The van der Waals surface area contributed by atoms with Crippen molar-refractivity contribution in [2.45, 2.75) is 22.6 Å². The van der Waals surface area contributed by atoms with Gasteiger partial charge in [-0.1, -0.05) is 6.07 Å². The Bertz CT molecular complexity index is 328. The van der Waals surface area contributed by atoms with Crippen molar-refractivity contribution >= 4 is 23.9 Å². The van der Waals surface area contributed by atoms with Gasteiger partial charge in [0.2, 0.25) is 0 Å². The van der Waals surface area contributed by atoms with Crippen LogP contribution in [0.3, 0.4) is 0 Å². The minimum absolute atomic E-state index is 0.800. The molecular formula is C15H28N2O3S2. The minimum Gasteiger partial charge on any atom is -0.400 e. The van der Waals surface area contributed by atoms with Gasteiger partial charge < -0.3 is 14.6 Å². The van der Waals surface area contributed by atoms with Gasteiger partial charge in [0, 0.05) is 57.4 Å². The number of rotatable bonds is 12. The van der Waals surface area contributed by atoms with E-state index in [2.05, 4.69) is 33.7 Å². The molecule has 0 saturated carbocycles. The molecule has 0 atom stereocenters. The Kier molecular flexibility index (Phi) is 16.9. The quantitative estimate of drug-likeness (QED) is 0.396. The molecule has 1 rings (SSSR count).